The second-order valence-corrected chi connectivity index (χ2v) is 8.99. The molecule has 0 unspecified atom stereocenters. The summed E-state index contributed by atoms with van der Waals surface area (Å²) in [6, 6.07) is 10.3. The van der Waals surface area contributed by atoms with Crippen LogP contribution in [-0.2, 0) is 17.7 Å². The Balaban J connectivity index is 2.03. The molecule has 0 bridgehead atoms. The highest BCUT2D eigenvalue weighted by atomic mass is 19.1. The van der Waals surface area contributed by atoms with Crippen molar-refractivity contribution in [2.45, 2.75) is 51.5 Å². The third kappa shape index (κ3) is 8.80. The van der Waals surface area contributed by atoms with Crippen LogP contribution in [0.15, 0.2) is 42.5 Å². The molecule has 0 spiro atoms. The summed E-state index contributed by atoms with van der Waals surface area (Å²) >= 11 is 0. The molecule has 0 radical (unpaired) electrons. The highest BCUT2D eigenvalue weighted by Crippen LogP contribution is 2.14. The van der Waals surface area contributed by atoms with Crippen molar-refractivity contribution < 1.29 is 23.4 Å². The first-order valence-corrected chi connectivity index (χ1v) is 10.5. The molecule has 8 heteroatoms. The predicted octanol–water partition coefficient (Wildman–Crippen LogP) is 3.62. The molecule has 2 atom stereocenters. The monoisotopic (exact) mass is 449 g/mol. The van der Waals surface area contributed by atoms with Crippen LogP contribution in [0.4, 0.5) is 19.3 Å². The van der Waals surface area contributed by atoms with E-state index in [1.807, 2.05) is 43.3 Å². The first-order valence-electron chi connectivity index (χ1n) is 10.5. The average molecular weight is 450 g/mol. The SMILES string of the molecule is CN(C)c1ccc(CNC[C@@H](O)[C@H](Cc2cc(F)cc(F)c2)NC(=O)OC(C)(C)C)cc1. The highest BCUT2D eigenvalue weighted by Gasteiger charge is 2.25. The lowest BCUT2D eigenvalue weighted by molar-refractivity contribution is 0.0422. The normalized spacial score (nSPS) is 13.4. The van der Waals surface area contributed by atoms with Gasteiger partial charge in [0.2, 0.25) is 0 Å². The second kappa shape index (κ2) is 11.2. The molecular formula is C24H33F2N3O3. The maximum atomic E-state index is 13.6. The number of benzene rings is 2. The Bertz CT molecular complexity index is 863. The van der Waals surface area contributed by atoms with Gasteiger partial charge in [-0.3, -0.25) is 0 Å². The summed E-state index contributed by atoms with van der Waals surface area (Å²) in [5.41, 5.74) is 1.72. The highest BCUT2D eigenvalue weighted by molar-refractivity contribution is 5.68. The molecule has 0 aliphatic heterocycles. The number of rotatable bonds is 9. The molecule has 0 saturated carbocycles. The van der Waals surface area contributed by atoms with E-state index < -0.39 is 35.5 Å². The van der Waals surface area contributed by atoms with Gasteiger partial charge in [0.1, 0.15) is 17.2 Å². The van der Waals surface area contributed by atoms with Gasteiger partial charge in [-0.1, -0.05) is 12.1 Å². The number of carbonyl (C=O) groups is 1. The standard InChI is InChI=1S/C24H33F2N3O3/c1-24(2,3)32-23(31)28-21(12-17-10-18(25)13-19(26)11-17)22(30)15-27-14-16-6-8-20(9-7-16)29(4)5/h6-11,13,21-22,27,30H,12,14-15H2,1-5H3,(H,28,31)/t21-,22+/m0/s1. The third-order valence-electron chi connectivity index (χ3n) is 4.68. The number of hydrogen-bond donors (Lipinski definition) is 3. The van der Waals surface area contributed by atoms with Crippen LogP contribution in [0.25, 0.3) is 0 Å². The molecule has 2 aromatic rings. The molecule has 0 aliphatic rings. The number of amides is 1. The van der Waals surface area contributed by atoms with E-state index in [-0.39, 0.29) is 13.0 Å². The van der Waals surface area contributed by atoms with E-state index in [2.05, 4.69) is 10.6 Å². The van der Waals surface area contributed by atoms with Crippen molar-refractivity contribution >= 4 is 11.8 Å². The second-order valence-electron chi connectivity index (χ2n) is 8.99. The maximum Gasteiger partial charge on any atom is 0.407 e. The Morgan fingerprint density at radius 1 is 1.06 bits per heavy atom. The number of carbonyl (C=O) groups excluding carboxylic acids is 1. The van der Waals surface area contributed by atoms with Gasteiger partial charge in [0.15, 0.2) is 0 Å². The number of ether oxygens (including phenoxy) is 1. The summed E-state index contributed by atoms with van der Waals surface area (Å²) in [7, 11) is 3.93. The first kappa shape index (κ1) is 25.5. The van der Waals surface area contributed by atoms with Crippen molar-refractivity contribution in [2.24, 2.45) is 0 Å². The molecule has 176 valence electrons. The lowest BCUT2D eigenvalue weighted by Gasteiger charge is -2.27. The molecule has 0 heterocycles. The average Bonchev–Trinajstić information content (AvgIpc) is 2.65. The first-order chi connectivity index (χ1) is 14.9. The number of aliphatic hydroxyl groups is 1. The Morgan fingerprint density at radius 2 is 1.66 bits per heavy atom. The van der Waals surface area contributed by atoms with Crippen LogP contribution < -0.4 is 15.5 Å². The van der Waals surface area contributed by atoms with Crippen molar-refractivity contribution in [3.05, 3.63) is 65.2 Å². The molecule has 2 aromatic carbocycles. The molecule has 0 saturated heterocycles. The predicted molar refractivity (Wildman–Crippen MR) is 122 cm³/mol. The lowest BCUT2D eigenvalue weighted by atomic mass is 10.0. The fourth-order valence-corrected chi connectivity index (χ4v) is 3.14. The minimum absolute atomic E-state index is 0.0360. The van der Waals surface area contributed by atoms with Crippen LogP contribution in [0.5, 0.6) is 0 Å². The summed E-state index contributed by atoms with van der Waals surface area (Å²) in [6.45, 7) is 5.85. The fraction of sp³-hybridized carbons (Fsp3) is 0.458. The van der Waals surface area contributed by atoms with Gasteiger partial charge in [0, 0.05) is 38.9 Å². The molecule has 0 aromatic heterocycles. The number of alkyl carbamates (subject to hydrolysis) is 1. The van der Waals surface area contributed by atoms with Crippen LogP contribution in [0, 0.1) is 11.6 Å². The number of anilines is 1. The minimum Gasteiger partial charge on any atom is -0.444 e. The molecule has 0 aliphatic carbocycles. The van der Waals surface area contributed by atoms with E-state index in [9.17, 15) is 18.7 Å². The molecule has 3 N–H and O–H groups in total. The zero-order chi connectivity index (χ0) is 23.9. The fourth-order valence-electron chi connectivity index (χ4n) is 3.14. The van der Waals surface area contributed by atoms with Crippen LogP contribution in [0.1, 0.15) is 31.9 Å². The summed E-state index contributed by atoms with van der Waals surface area (Å²) < 4.78 is 32.5. The zero-order valence-electron chi connectivity index (χ0n) is 19.3. The van der Waals surface area contributed by atoms with Gasteiger partial charge >= 0.3 is 6.09 Å². The van der Waals surface area contributed by atoms with Crippen molar-refractivity contribution in [2.75, 3.05) is 25.5 Å². The number of hydrogen-bond acceptors (Lipinski definition) is 5. The number of aliphatic hydroxyl groups excluding tert-OH is 1. The zero-order valence-corrected chi connectivity index (χ0v) is 19.3. The Morgan fingerprint density at radius 3 is 2.19 bits per heavy atom. The van der Waals surface area contributed by atoms with E-state index in [0.717, 1.165) is 17.3 Å². The van der Waals surface area contributed by atoms with Gasteiger partial charge in [0.05, 0.1) is 12.1 Å². The minimum atomic E-state index is -1.02. The van der Waals surface area contributed by atoms with Gasteiger partial charge < -0.3 is 25.4 Å². The van der Waals surface area contributed by atoms with Crippen LogP contribution in [0.3, 0.4) is 0 Å². The summed E-state index contributed by atoms with van der Waals surface area (Å²) in [5, 5.41) is 16.5. The van der Waals surface area contributed by atoms with Crippen LogP contribution in [-0.4, -0.2) is 49.6 Å². The number of nitrogens with one attached hydrogen (secondary N) is 2. The van der Waals surface area contributed by atoms with Crippen molar-refractivity contribution in [3.8, 4) is 0 Å². The van der Waals surface area contributed by atoms with E-state index in [1.54, 1.807) is 20.8 Å². The van der Waals surface area contributed by atoms with Gasteiger partial charge in [-0.25, -0.2) is 13.6 Å². The van der Waals surface area contributed by atoms with Gasteiger partial charge in [-0.15, -0.1) is 0 Å². The lowest BCUT2D eigenvalue weighted by Crippen LogP contribution is -2.49. The summed E-state index contributed by atoms with van der Waals surface area (Å²) in [4.78, 5) is 14.3. The van der Waals surface area contributed by atoms with Crippen molar-refractivity contribution in [3.63, 3.8) is 0 Å². The summed E-state index contributed by atoms with van der Waals surface area (Å²) in [5.74, 6) is -1.44. The molecule has 2 rings (SSSR count). The molecule has 0 fully saturated rings. The third-order valence-corrected chi connectivity index (χ3v) is 4.68. The summed E-state index contributed by atoms with van der Waals surface area (Å²) in [6.07, 6.45) is -1.69. The quantitative estimate of drug-likeness (QED) is 0.545. The Labute approximate surface area is 188 Å². The van der Waals surface area contributed by atoms with Crippen molar-refractivity contribution in [1.82, 2.24) is 10.6 Å². The molecule has 6 nitrogen and oxygen atoms in total. The molecule has 32 heavy (non-hydrogen) atoms. The van der Waals surface area contributed by atoms with E-state index in [1.165, 1.54) is 12.1 Å². The van der Waals surface area contributed by atoms with E-state index >= 15 is 0 Å². The number of nitrogens with zero attached hydrogens (tertiary/aromatic N) is 1. The largest absolute Gasteiger partial charge is 0.444 e. The molecule has 1 amide bonds. The van der Waals surface area contributed by atoms with Gasteiger partial charge in [-0.05, 0) is 62.6 Å². The number of halogens is 2. The van der Waals surface area contributed by atoms with Gasteiger partial charge in [-0.2, -0.15) is 0 Å². The van der Waals surface area contributed by atoms with E-state index in [4.69, 9.17) is 4.74 Å². The van der Waals surface area contributed by atoms with Crippen molar-refractivity contribution in [1.29, 1.82) is 0 Å². The topological polar surface area (TPSA) is 73.8 Å². The Kier molecular flexibility index (Phi) is 8.98. The van der Waals surface area contributed by atoms with Gasteiger partial charge in [0.25, 0.3) is 0 Å². The van der Waals surface area contributed by atoms with Crippen LogP contribution in [0.2, 0.25) is 0 Å². The smallest absolute Gasteiger partial charge is 0.407 e. The Hall–Kier alpha value is -2.71. The van der Waals surface area contributed by atoms with E-state index in [0.29, 0.717) is 12.1 Å². The van der Waals surface area contributed by atoms with Crippen LogP contribution >= 0.6 is 0 Å². The maximum absolute atomic E-state index is 13.6. The molecular weight excluding hydrogens is 416 g/mol.